The highest BCUT2D eigenvalue weighted by molar-refractivity contribution is 5.22. The smallest absolute Gasteiger partial charge is 0.0716 e. The first-order valence-electron chi connectivity index (χ1n) is 8.23. The number of rotatable bonds is 12. The number of benzene rings is 1. The second-order valence-electron chi connectivity index (χ2n) is 5.42. The fourth-order valence-electron chi connectivity index (χ4n) is 2.27. The molecule has 0 radical (unpaired) electrons. The fraction of sp³-hybridized carbons (Fsp3) is 0.667. The van der Waals surface area contributed by atoms with Crippen LogP contribution in [0, 0.1) is 0 Å². The first kappa shape index (κ1) is 17.2. The van der Waals surface area contributed by atoms with Gasteiger partial charge in [-0.1, -0.05) is 70.2 Å². The third-order valence-corrected chi connectivity index (χ3v) is 3.48. The molecule has 0 heterocycles. The van der Waals surface area contributed by atoms with Crippen molar-refractivity contribution in [2.45, 2.75) is 65.5 Å². The molecular weight excluding hydrogens is 246 g/mol. The molecule has 2 nitrogen and oxygen atoms in total. The van der Waals surface area contributed by atoms with Gasteiger partial charge < -0.3 is 10.1 Å². The molecule has 1 rings (SSSR count). The number of unbranched alkanes of at least 4 members (excludes halogenated alkanes) is 5. The largest absolute Gasteiger partial charge is 0.377 e. The van der Waals surface area contributed by atoms with Crippen LogP contribution in [0.15, 0.2) is 24.3 Å². The van der Waals surface area contributed by atoms with E-state index in [1.165, 1.54) is 49.7 Å². The third-order valence-electron chi connectivity index (χ3n) is 3.48. The Bertz CT molecular complexity index is 338. The van der Waals surface area contributed by atoms with Crippen molar-refractivity contribution in [3.63, 3.8) is 0 Å². The summed E-state index contributed by atoms with van der Waals surface area (Å²) in [6.45, 7) is 7.99. The summed E-state index contributed by atoms with van der Waals surface area (Å²) in [5.74, 6) is 0. The van der Waals surface area contributed by atoms with E-state index in [1.807, 2.05) is 0 Å². The molecule has 0 aromatic heterocycles. The van der Waals surface area contributed by atoms with Crippen molar-refractivity contribution in [2.24, 2.45) is 0 Å². The summed E-state index contributed by atoms with van der Waals surface area (Å²) >= 11 is 0. The Morgan fingerprint density at radius 3 is 2.50 bits per heavy atom. The second kappa shape index (κ2) is 11.9. The first-order valence-corrected chi connectivity index (χ1v) is 8.23. The summed E-state index contributed by atoms with van der Waals surface area (Å²) in [4.78, 5) is 0. The Morgan fingerprint density at radius 1 is 0.950 bits per heavy atom. The van der Waals surface area contributed by atoms with E-state index in [0.29, 0.717) is 0 Å². The van der Waals surface area contributed by atoms with Crippen molar-refractivity contribution in [2.75, 3.05) is 13.2 Å². The van der Waals surface area contributed by atoms with Gasteiger partial charge in [0, 0.05) is 13.2 Å². The second-order valence-corrected chi connectivity index (χ2v) is 5.42. The van der Waals surface area contributed by atoms with Crippen LogP contribution in [0.4, 0.5) is 0 Å². The zero-order chi connectivity index (χ0) is 14.5. The van der Waals surface area contributed by atoms with Gasteiger partial charge >= 0.3 is 0 Å². The predicted molar refractivity (Wildman–Crippen MR) is 86.9 cm³/mol. The van der Waals surface area contributed by atoms with Crippen LogP contribution in [-0.2, 0) is 17.9 Å². The van der Waals surface area contributed by atoms with Crippen LogP contribution in [0.3, 0.4) is 0 Å². The zero-order valence-electron chi connectivity index (χ0n) is 13.3. The minimum Gasteiger partial charge on any atom is -0.377 e. The average molecular weight is 277 g/mol. The number of hydrogen-bond donors (Lipinski definition) is 1. The molecule has 1 aromatic rings. The number of hydrogen-bond acceptors (Lipinski definition) is 2. The van der Waals surface area contributed by atoms with Crippen molar-refractivity contribution < 1.29 is 4.74 Å². The van der Waals surface area contributed by atoms with Crippen LogP contribution < -0.4 is 5.32 Å². The SMILES string of the molecule is CCCCCCCCOCc1cccc(CNCC)c1. The standard InChI is InChI=1S/C18H31NO/c1-3-5-6-7-8-9-13-20-16-18-12-10-11-17(14-18)15-19-4-2/h10-12,14,19H,3-9,13,15-16H2,1-2H3. The predicted octanol–water partition coefficient (Wildman–Crippen LogP) is 4.67. The van der Waals surface area contributed by atoms with Crippen LogP contribution in [-0.4, -0.2) is 13.2 Å². The maximum atomic E-state index is 5.77. The molecule has 20 heavy (non-hydrogen) atoms. The quantitative estimate of drug-likeness (QED) is 0.560. The van der Waals surface area contributed by atoms with E-state index in [1.54, 1.807) is 0 Å². The summed E-state index contributed by atoms with van der Waals surface area (Å²) in [5.41, 5.74) is 2.62. The van der Waals surface area contributed by atoms with Gasteiger partial charge in [-0.3, -0.25) is 0 Å². The lowest BCUT2D eigenvalue weighted by Crippen LogP contribution is -2.11. The van der Waals surface area contributed by atoms with Gasteiger partial charge in [0.2, 0.25) is 0 Å². The fourth-order valence-corrected chi connectivity index (χ4v) is 2.27. The molecule has 0 saturated carbocycles. The lowest BCUT2D eigenvalue weighted by atomic mass is 10.1. The molecule has 1 N–H and O–H groups in total. The average Bonchev–Trinajstić information content (AvgIpc) is 2.48. The minimum absolute atomic E-state index is 0.745. The van der Waals surface area contributed by atoms with Crippen LogP contribution in [0.5, 0.6) is 0 Å². The molecule has 114 valence electrons. The first-order chi connectivity index (χ1) is 9.86. The van der Waals surface area contributed by atoms with Crippen LogP contribution in [0.1, 0.15) is 63.5 Å². The van der Waals surface area contributed by atoms with Gasteiger partial charge in [-0.2, -0.15) is 0 Å². The zero-order valence-corrected chi connectivity index (χ0v) is 13.3. The Labute approximate surface area is 124 Å². The molecule has 0 aliphatic rings. The maximum absolute atomic E-state index is 5.77. The lowest BCUT2D eigenvalue weighted by Gasteiger charge is -2.07. The Balaban J connectivity index is 2.09. The molecule has 0 amide bonds. The van der Waals surface area contributed by atoms with Crippen LogP contribution in [0.25, 0.3) is 0 Å². The van der Waals surface area contributed by atoms with Gasteiger partial charge in [0.15, 0.2) is 0 Å². The summed E-state index contributed by atoms with van der Waals surface area (Å²) in [6.07, 6.45) is 7.93. The molecule has 0 bridgehead atoms. The Hall–Kier alpha value is -0.860. The molecule has 0 aliphatic heterocycles. The van der Waals surface area contributed by atoms with Crippen molar-refractivity contribution in [1.82, 2.24) is 5.32 Å². The van der Waals surface area contributed by atoms with Crippen LogP contribution >= 0.6 is 0 Å². The van der Waals surface area contributed by atoms with Gasteiger partial charge in [-0.15, -0.1) is 0 Å². The number of ether oxygens (including phenoxy) is 1. The van der Waals surface area contributed by atoms with E-state index < -0.39 is 0 Å². The lowest BCUT2D eigenvalue weighted by molar-refractivity contribution is 0.116. The van der Waals surface area contributed by atoms with Crippen molar-refractivity contribution in [3.8, 4) is 0 Å². The molecule has 0 aliphatic carbocycles. The third kappa shape index (κ3) is 8.34. The molecule has 1 aromatic carbocycles. The highest BCUT2D eigenvalue weighted by Gasteiger charge is 1.97. The topological polar surface area (TPSA) is 21.3 Å². The van der Waals surface area contributed by atoms with E-state index in [4.69, 9.17) is 4.74 Å². The Morgan fingerprint density at radius 2 is 1.70 bits per heavy atom. The number of nitrogens with one attached hydrogen (secondary N) is 1. The van der Waals surface area contributed by atoms with E-state index in [0.717, 1.165) is 26.3 Å². The van der Waals surface area contributed by atoms with E-state index in [9.17, 15) is 0 Å². The van der Waals surface area contributed by atoms with Gasteiger partial charge in [-0.25, -0.2) is 0 Å². The van der Waals surface area contributed by atoms with Gasteiger partial charge in [0.1, 0.15) is 0 Å². The van der Waals surface area contributed by atoms with Gasteiger partial charge in [-0.05, 0) is 24.1 Å². The summed E-state index contributed by atoms with van der Waals surface area (Å²) in [5, 5.41) is 3.35. The van der Waals surface area contributed by atoms with Crippen LogP contribution in [0.2, 0.25) is 0 Å². The molecule has 2 heteroatoms. The monoisotopic (exact) mass is 277 g/mol. The molecule has 0 fully saturated rings. The van der Waals surface area contributed by atoms with Crippen molar-refractivity contribution >= 4 is 0 Å². The van der Waals surface area contributed by atoms with E-state index in [2.05, 4.69) is 43.4 Å². The van der Waals surface area contributed by atoms with Gasteiger partial charge in [0.05, 0.1) is 6.61 Å². The van der Waals surface area contributed by atoms with Crippen molar-refractivity contribution in [3.05, 3.63) is 35.4 Å². The van der Waals surface area contributed by atoms with E-state index in [-0.39, 0.29) is 0 Å². The highest BCUT2D eigenvalue weighted by atomic mass is 16.5. The summed E-state index contributed by atoms with van der Waals surface area (Å²) < 4.78 is 5.77. The Kier molecular flexibility index (Phi) is 10.3. The summed E-state index contributed by atoms with van der Waals surface area (Å²) in [6, 6.07) is 8.68. The normalized spacial score (nSPS) is 10.9. The molecular formula is C18H31NO. The van der Waals surface area contributed by atoms with Gasteiger partial charge in [0.25, 0.3) is 0 Å². The van der Waals surface area contributed by atoms with Crippen molar-refractivity contribution in [1.29, 1.82) is 0 Å². The van der Waals surface area contributed by atoms with E-state index >= 15 is 0 Å². The summed E-state index contributed by atoms with van der Waals surface area (Å²) in [7, 11) is 0. The molecule has 0 unspecified atom stereocenters. The molecule has 0 spiro atoms. The maximum Gasteiger partial charge on any atom is 0.0716 e. The molecule has 0 atom stereocenters. The minimum atomic E-state index is 0.745. The molecule has 0 saturated heterocycles. The highest BCUT2D eigenvalue weighted by Crippen LogP contribution is 2.08.